The van der Waals surface area contributed by atoms with Crippen molar-refractivity contribution >= 4 is 39.5 Å². The minimum Gasteiger partial charge on any atom is -0.422 e. The zero-order valence-corrected chi connectivity index (χ0v) is 17.2. The molecule has 0 bridgehead atoms. The monoisotopic (exact) mass is 443 g/mol. The molecule has 0 saturated carbocycles. The summed E-state index contributed by atoms with van der Waals surface area (Å²) in [6.07, 6.45) is 1.38. The second-order valence-electron chi connectivity index (χ2n) is 5.87. The molecule has 10 heteroatoms. The number of rotatable bonds is 8. The Morgan fingerprint density at radius 1 is 1.00 bits per heavy atom. The lowest BCUT2D eigenvalue weighted by atomic mass is 10.2. The van der Waals surface area contributed by atoms with Gasteiger partial charge in [-0.3, -0.25) is 4.79 Å². The van der Waals surface area contributed by atoms with Crippen molar-refractivity contribution in [2.45, 2.75) is 4.90 Å². The van der Waals surface area contributed by atoms with Crippen LogP contribution in [0.5, 0.6) is 5.75 Å². The fourth-order valence-corrected chi connectivity index (χ4v) is 3.84. The van der Waals surface area contributed by atoms with Crippen LogP contribution in [0.4, 0.5) is 0 Å². The first-order valence-electron chi connectivity index (χ1n) is 8.66. The van der Waals surface area contributed by atoms with Crippen LogP contribution < -0.4 is 14.9 Å². The molecule has 8 nitrogen and oxygen atoms in total. The van der Waals surface area contributed by atoms with Crippen LogP contribution in [0.15, 0.2) is 82.1 Å². The summed E-state index contributed by atoms with van der Waals surface area (Å²) in [5.74, 6) is -0.672. The van der Waals surface area contributed by atoms with Crippen LogP contribution in [0.25, 0.3) is 0 Å². The van der Waals surface area contributed by atoms with E-state index in [2.05, 4.69) is 15.2 Å². The SMILES string of the molecule is O=C(CNS(=O)(=O)c1ccccc1)N/N=C/c1ccc(OC(=O)c2cccs2)cc1. The number of hydrogen-bond acceptors (Lipinski definition) is 7. The Morgan fingerprint density at radius 3 is 2.40 bits per heavy atom. The number of hydrazone groups is 1. The van der Waals surface area contributed by atoms with Crippen molar-refractivity contribution in [2.75, 3.05) is 6.54 Å². The van der Waals surface area contributed by atoms with Crippen LogP contribution in [-0.4, -0.2) is 33.1 Å². The highest BCUT2D eigenvalue weighted by atomic mass is 32.2. The predicted molar refractivity (Wildman–Crippen MR) is 113 cm³/mol. The average Bonchev–Trinajstić information content (AvgIpc) is 3.29. The first-order chi connectivity index (χ1) is 14.4. The van der Waals surface area contributed by atoms with Crippen molar-refractivity contribution in [3.05, 3.63) is 82.6 Å². The number of benzene rings is 2. The molecule has 2 aromatic carbocycles. The first-order valence-corrected chi connectivity index (χ1v) is 11.0. The largest absolute Gasteiger partial charge is 0.422 e. The molecule has 1 amide bonds. The van der Waals surface area contributed by atoms with Crippen LogP contribution in [0.2, 0.25) is 0 Å². The highest BCUT2D eigenvalue weighted by molar-refractivity contribution is 7.89. The van der Waals surface area contributed by atoms with E-state index in [1.807, 2.05) is 0 Å². The lowest BCUT2D eigenvalue weighted by Gasteiger charge is -2.05. The van der Waals surface area contributed by atoms with Crippen LogP contribution in [0, 0.1) is 0 Å². The van der Waals surface area contributed by atoms with Gasteiger partial charge >= 0.3 is 5.97 Å². The van der Waals surface area contributed by atoms with Crippen molar-refractivity contribution in [3.8, 4) is 5.75 Å². The quantitative estimate of drug-likeness (QED) is 0.240. The molecular weight excluding hydrogens is 426 g/mol. The molecule has 0 spiro atoms. The summed E-state index contributed by atoms with van der Waals surface area (Å²) in [4.78, 5) is 24.3. The number of thiophene rings is 1. The number of amides is 1. The summed E-state index contributed by atoms with van der Waals surface area (Å²) in [6, 6.07) is 17.7. The van der Waals surface area contributed by atoms with E-state index in [0.717, 1.165) is 0 Å². The average molecular weight is 444 g/mol. The van der Waals surface area contributed by atoms with Crippen molar-refractivity contribution < 1.29 is 22.7 Å². The van der Waals surface area contributed by atoms with E-state index in [4.69, 9.17) is 4.74 Å². The minimum absolute atomic E-state index is 0.0705. The molecule has 0 aliphatic carbocycles. The van der Waals surface area contributed by atoms with Crippen LogP contribution >= 0.6 is 11.3 Å². The zero-order chi connectivity index (χ0) is 21.4. The molecule has 0 fully saturated rings. The number of esters is 1. The summed E-state index contributed by atoms with van der Waals surface area (Å²) in [6.45, 7) is -0.452. The van der Waals surface area contributed by atoms with E-state index in [1.54, 1.807) is 60.0 Å². The molecule has 0 aliphatic rings. The smallest absolute Gasteiger partial charge is 0.353 e. The van der Waals surface area contributed by atoms with Gasteiger partial charge in [-0.05, 0) is 53.4 Å². The zero-order valence-electron chi connectivity index (χ0n) is 15.5. The number of ether oxygens (including phenoxy) is 1. The molecule has 0 atom stereocenters. The lowest BCUT2D eigenvalue weighted by molar-refractivity contribution is -0.119. The molecule has 3 aromatic rings. The number of hydrogen-bond donors (Lipinski definition) is 2. The Labute approximate surface area is 177 Å². The van der Waals surface area contributed by atoms with Gasteiger partial charge in [0.2, 0.25) is 10.0 Å². The molecule has 3 rings (SSSR count). The summed E-state index contributed by atoms with van der Waals surface area (Å²) < 4.78 is 31.5. The fraction of sp³-hybridized carbons (Fsp3) is 0.0500. The molecular formula is C20H17N3O5S2. The fourth-order valence-electron chi connectivity index (χ4n) is 2.24. The summed E-state index contributed by atoms with van der Waals surface area (Å²) >= 11 is 1.29. The molecule has 30 heavy (non-hydrogen) atoms. The minimum atomic E-state index is -3.77. The Hall–Kier alpha value is -3.34. The van der Waals surface area contributed by atoms with Crippen molar-refractivity contribution in [2.24, 2.45) is 5.10 Å². The number of carbonyl (C=O) groups is 2. The maximum absolute atomic E-state index is 12.1. The van der Waals surface area contributed by atoms with Gasteiger partial charge in [0.15, 0.2) is 0 Å². The number of nitrogens with one attached hydrogen (secondary N) is 2. The van der Waals surface area contributed by atoms with E-state index in [9.17, 15) is 18.0 Å². The first kappa shape index (κ1) is 21.4. The van der Waals surface area contributed by atoms with Gasteiger partial charge in [0.25, 0.3) is 5.91 Å². The van der Waals surface area contributed by atoms with Gasteiger partial charge in [-0.1, -0.05) is 24.3 Å². The second-order valence-corrected chi connectivity index (χ2v) is 8.58. The van der Waals surface area contributed by atoms with Crippen molar-refractivity contribution in [1.82, 2.24) is 10.1 Å². The van der Waals surface area contributed by atoms with E-state index < -0.39 is 28.4 Å². The molecule has 0 aliphatic heterocycles. The Kier molecular flexibility index (Phi) is 7.07. The molecule has 0 unspecified atom stereocenters. The van der Waals surface area contributed by atoms with Crippen LogP contribution in [0.3, 0.4) is 0 Å². The highest BCUT2D eigenvalue weighted by Gasteiger charge is 2.14. The molecule has 0 radical (unpaired) electrons. The van der Waals surface area contributed by atoms with Gasteiger partial charge in [0, 0.05) is 0 Å². The summed E-state index contributed by atoms with van der Waals surface area (Å²) in [5.41, 5.74) is 2.89. The van der Waals surface area contributed by atoms with Crippen molar-refractivity contribution in [3.63, 3.8) is 0 Å². The molecule has 1 aromatic heterocycles. The Bertz CT molecular complexity index is 1130. The molecule has 154 valence electrons. The summed E-state index contributed by atoms with van der Waals surface area (Å²) in [5, 5.41) is 5.57. The molecule has 0 saturated heterocycles. The second kappa shape index (κ2) is 9.92. The summed E-state index contributed by atoms with van der Waals surface area (Å²) in [7, 11) is -3.77. The van der Waals surface area contributed by atoms with Gasteiger partial charge < -0.3 is 4.74 Å². The normalized spacial score (nSPS) is 11.3. The third-order valence-corrected chi connectivity index (χ3v) is 5.96. The maximum atomic E-state index is 12.1. The third kappa shape index (κ3) is 6.08. The lowest BCUT2D eigenvalue weighted by Crippen LogP contribution is -2.34. The van der Waals surface area contributed by atoms with Gasteiger partial charge in [-0.2, -0.15) is 5.10 Å². The maximum Gasteiger partial charge on any atom is 0.353 e. The number of carbonyl (C=O) groups excluding carboxylic acids is 2. The standard InChI is InChI=1S/C20H17N3O5S2/c24-19(14-22-30(26,27)17-5-2-1-3-6-17)23-21-13-15-8-10-16(11-9-15)28-20(25)18-7-4-12-29-18/h1-13,22H,14H2,(H,23,24)/b21-13+. The van der Waals surface area contributed by atoms with Crippen LogP contribution in [0.1, 0.15) is 15.2 Å². The predicted octanol–water partition coefficient (Wildman–Crippen LogP) is 2.40. The molecule has 2 N–H and O–H groups in total. The number of nitrogens with zero attached hydrogens (tertiary/aromatic N) is 1. The van der Waals surface area contributed by atoms with E-state index in [1.165, 1.54) is 29.7 Å². The molecule has 1 heterocycles. The van der Waals surface area contributed by atoms with Gasteiger partial charge in [0.05, 0.1) is 17.7 Å². The van der Waals surface area contributed by atoms with E-state index in [0.29, 0.717) is 16.2 Å². The van der Waals surface area contributed by atoms with Gasteiger partial charge in [-0.15, -0.1) is 11.3 Å². The Balaban J connectivity index is 1.46. The van der Waals surface area contributed by atoms with E-state index >= 15 is 0 Å². The van der Waals surface area contributed by atoms with Crippen LogP contribution in [-0.2, 0) is 14.8 Å². The Morgan fingerprint density at radius 2 is 1.73 bits per heavy atom. The third-order valence-electron chi connectivity index (χ3n) is 3.69. The highest BCUT2D eigenvalue weighted by Crippen LogP contribution is 2.16. The topological polar surface area (TPSA) is 114 Å². The van der Waals surface area contributed by atoms with Gasteiger partial charge in [-0.25, -0.2) is 23.4 Å². The van der Waals surface area contributed by atoms with Crippen molar-refractivity contribution in [1.29, 1.82) is 0 Å². The number of sulfonamides is 1. The van der Waals surface area contributed by atoms with Gasteiger partial charge in [0.1, 0.15) is 10.6 Å². The van der Waals surface area contributed by atoms with E-state index in [-0.39, 0.29) is 4.90 Å².